The Morgan fingerprint density at radius 1 is 1.07 bits per heavy atom. The van der Waals surface area contributed by atoms with Crippen molar-refractivity contribution in [2.24, 2.45) is 0 Å². The van der Waals surface area contributed by atoms with Gasteiger partial charge in [0.25, 0.3) is 0 Å². The monoisotopic (exact) mass is 402 g/mol. The molecule has 5 heterocycles. The van der Waals surface area contributed by atoms with Crippen molar-refractivity contribution in [2.75, 3.05) is 0 Å². The van der Waals surface area contributed by atoms with Crippen LogP contribution in [0.5, 0.6) is 0 Å². The van der Waals surface area contributed by atoms with Crippen LogP contribution in [0.1, 0.15) is 28.7 Å². The van der Waals surface area contributed by atoms with Crippen LogP contribution in [0, 0.1) is 13.8 Å². The van der Waals surface area contributed by atoms with Crippen LogP contribution in [0.2, 0.25) is 0 Å². The van der Waals surface area contributed by atoms with Gasteiger partial charge >= 0.3 is 0 Å². The van der Waals surface area contributed by atoms with Crippen LogP contribution < -0.4 is 5.32 Å². The van der Waals surface area contributed by atoms with Crippen LogP contribution in [0.3, 0.4) is 0 Å². The molecule has 0 saturated carbocycles. The van der Waals surface area contributed by atoms with Crippen molar-refractivity contribution in [1.82, 2.24) is 39.7 Å². The number of aryl methyl sites for hydroxylation is 2. The highest BCUT2D eigenvalue weighted by Gasteiger charge is 2.10. The second-order valence-electron chi connectivity index (χ2n) is 7.26. The summed E-state index contributed by atoms with van der Waals surface area (Å²) < 4.78 is 9.85. The third-order valence-corrected chi connectivity index (χ3v) is 4.83. The van der Waals surface area contributed by atoms with Gasteiger partial charge in [0, 0.05) is 18.6 Å². The zero-order valence-electron chi connectivity index (χ0n) is 16.8. The van der Waals surface area contributed by atoms with Gasteiger partial charge in [-0.25, -0.2) is 9.97 Å². The first-order chi connectivity index (χ1) is 14.6. The van der Waals surface area contributed by atoms with Crippen molar-refractivity contribution >= 4 is 5.65 Å². The van der Waals surface area contributed by atoms with E-state index < -0.39 is 0 Å². The lowest BCUT2D eigenvalue weighted by atomic mass is 10.3. The molecule has 0 aliphatic heterocycles. The maximum Gasteiger partial charge on any atom is 0.164 e. The Morgan fingerprint density at radius 3 is 2.83 bits per heavy atom. The highest BCUT2D eigenvalue weighted by Crippen LogP contribution is 2.21. The number of nitrogens with zero attached hydrogens (tertiary/aromatic N) is 6. The van der Waals surface area contributed by atoms with Crippen molar-refractivity contribution in [3.8, 4) is 11.5 Å². The van der Waals surface area contributed by atoms with E-state index in [1.807, 2.05) is 58.9 Å². The fourth-order valence-corrected chi connectivity index (χ4v) is 3.40. The van der Waals surface area contributed by atoms with E-state index in [0.717, 1.165) is 45.8 Å². The predicted octanol–water partition coefficient (Wildman–Crippen LogP) is 2.86. The Labute approximate surface area is 172 Å². The number of aromatic nitrogens is 7. The van der Waals surface area contributed by atoms with Crippen molar-refractivity contribution in [2.45, 2.75) is 33.5 Å². The Hall–Kier alpha value is -3.72. The molecule has 0 aliphatic carbocycles. The number of hydrogen-bond donors (Lipinski definition) is 2. The molecule has 5 aromatic rings. The molecule has 9 heteroatoms. The molecule has 9 nitrogen and oxygen atoms in total. The maximum absolute atomic E-state index is 5.93. The Morgan fingerprint density at radius 2 is 2.00 bits per heavy atom. The molecule has 0 fully saturated rings. The van der Waals surface area contributed by atoms with Gasteiger partial charge in [-0.15, -0.1) is 0 Å². The molecule has 0 aromatic carbocycles. The molecule has 152 valence electrons. The Bertz CT molecular complexity index is 1290. The van der Waals surface area contributed by atoms with Crippen LogP contribution in [-0.2, 0) is 19.6 Å². The van der Waals surface area contributed by atoms with E-state index >= 15 is 0 Å². The van der Waals surface area contributed by atoms with Crippen molar-refractivity contribution in [3.63, 3.8) is 0 Å². The molecule has 0 atom stereocenters. The molecule has 5 aromatic heterocycles. The standard InChI is InChI=1S/C21H22N8O/c1-14-4-3-8-28-12-16(24-21(14)28)13-29-9-7-18(27-29)19-6-5-17(30-19)10-22-11-20-23-15(2)25-26-20/h3-9,12,22H,10-11,13H2,1-2H3,(H,23,25,26). The summed E-state index contributed by atoms with van der Waals surface area (Å²) in [4.78, 5) is 8.98. The predicted molar refractivity (Wildman–Crippen MR) is 111 cm³/mol. The number of rotatable bonds is 7. The molecular weight excluding hydrogens is 380 g/mol. The van der Waals surface area contributed by atoms with Crippen LogP contribution >= 0.6 is 0 Å². The van der Waals surface area contributed by atoms with Gasteiger partial charge in [0.05, 0.1) is 25.3 Å². The smallest absolute Gasteiger partial charge is 0.164 e. The van der Waals surface area contributed by atoms with Crippen LogP contribution in [0.25, 0.3) is 17.1 Å². The summed E-state index contributed by atoms with van der Waals surface area (Å²) in [6, 6.07) is 9.93. The highest BCUT2D eigenvalue weighted by molar-refractivity contribution is 5.51. The molecule has 0 unspecified atom stereocenters. The quantitative estimate of drug-likeness (QED) is 0.434. The first-order valence-corrected chi connectivity index (χ1v) is 9.78. The first kappa shape index (κ1) is 18.3. The largest absolute Gasteiger partial charge is 0.458 e. The van der Waals surface area contributed by atoms with Gasteiger partial charge in [-0.05, 0) is 43.7 Å². The van der Waals surface area contributed by atoms with E-state index in [0.29, 0.717) is 19.6 Å². The minimum absolute atomic E-state index is 0.577. The summed E-state index contributed by atoms with van der Waals surface area (Å²) in [5.41, 5.74) is 3.89. The van der Waals surface area contributed by atoms with E-state index in [1.165, 1.54) is 0 Å². The van der Waals surface area contributed by atoms with Gasteiger partial charge < -0.3 is 14.1 Å². The molecule has 0 aliphatic rings. The number of fused-ring (bicyclic) bond motifs is 1. The van der Waals surface area contributed by atoms with Gasteiger partial charge in [0.15, 0.2) is 11.6 Å². The van der Waals surface area contributed by atoms with E-state index in [2.05, 4.69) is 38.6 Å². The van der Waals surface area contributed by atoms with Crippen molar-refractivity contribution in [3.05, 3.63) is 77.6 Å². The topological polar surface area (TPSA) is 102 Å². The Balaban J connectivity index is 1.23. The molecule has 30 heavy (non-hydrogen) atoms. The minimum Gasteiger partial charge on any atom is -0.458 e. The molecule has 0 amide bonds. The summed E-state index contributed by atoms with van der Waals surface area (Å²) in [7, 11) is 0. The minimum atomic E-state index is 0.577. The fraction of sp³-hybridized carbons (Fsp3) is 0.238. The summed E-state index contributed by atoms with van der Waals surface area (Å²) in [6.45, 7) is 5.72. The number of hydrogen-bond acceptors (Lipinski definition) is 6. The van der Waals surface area contributed by atoms with Crippen LogP contribution in [-0.4, -0.2) is 34.3 Å². The van der Waals surface area contributed by atoms with E-state index in [4.69, 9.17) is 9.40 Å². The van der Waals surface area contributed by atoms with Crippen LogP contribution in [0.15, 0.2) is 53.3 Å². The van der Waals surface area contributed by atoms with Crippen LogP contribution in [0.4, 0.5) is 0 Å². The number of furan rings is 1. The number of aromatic amines is 1. The fourth-order valence-electron chi connectivity index (χ4n) is 3.40. The summed E-state index contributed by atoms with van der Waals surface area (Å²) in [6.07, 6.45) is 5.99. The van der Waals surface area contributed by atoms with Crippen molar-refractivity contribution in [1.29, 1.82) is 0 Å². The number of nitrogens with one attached hydrogen (secondary N) is 2. The van der Waals surface area contributed by atoms with Gasteiger partial charge in [0.1, 0.15) is 22.9 Å². The van der Waals surface area contributed by atoms with Gasteiger partial charge in [-0.2, -0.15) is 10.2 Å². The van der Waals surface area contributed by atoms with E-state index in [9.17, 15) is 0 Å². The Kier molecular flexibility index (Phi) is 4.64. The summed E-state index contributed by atoms with van der Waals surface area (Å²) >= 11 is 0. The lowest BCUT2D eigenvalue weighted by Crippen LogP contribution is -2.13. The third-order valence-electron chi connectivity index (χ3n) is 4.83. The van der Waals surface area contributed by atoms with E-state index in [-0.39, 0.29) is 0 Å². The number of H-pyrrole nitrogens is 1. The molecule has 0 bridgehead atoms. The molecule has 2 N–H and O–H groups in total. The van der Waals surface area contributed by atoms with Gasteiger partial charge in [-0.3, -0.25) is 9.78 Å². The number of imidazole rings is 1. The second kappa shape index (κ2) is 7.60. The average molecular weight is 402 g/mol. The lowest BCUT2D eigenvalue weighted by molar-refractivity contribution is 0.488. The molecule has 0 radical (unpaired) electrons. The molecule has 5 rings (SSSR count). The first-order valence-electron chi connectivity index (χ1n) is 9.78. The zero-order valence-corrected chi connectivity index (χ0v) is 16.8. The highest BCUT2D eigenvalue weighted by atomic mass is 16.3. The molecule has 0 spiro atoms. The second-order valence-corrected chi connectivity index (χ2v) is 7.26. The molecule has 0 saturated heterocycles. The third kappa shape index (κ3) is 3.74. The van der Waals surface area contributed by atoms with Gasteiger partial charge in [-0.1, -0.05) is 6.07 Å². The van der Waals surface area contributed by atoms with Gasteiger partial charge in [0.2, 0.25) is 0 Å². The lowest BCUT2D eigenvalue weighted by Gasteiger charge is -1.99. The maximum atomic E-state index is 5.93. The summed E-state index contributed by atoms with van der Waals surface area (Å²) in [5.74, 6) is 3.12. The summed E-state index contributed by atoms with van der Waals surface area (Å²) in [5, 5.41) is 14.9. The molecular formula is C21H22N8O. The zero-order chi connectivity index (χ0) is 20.5. The average Bonchev–Trinajstić information content (AvgIpc) is 3.50. The van der Waals surface area contributed by atoms with E-state index in [1.54, 1.807) is 0 Å². The normalized spacial score (nSPS) is 11.5. The number of pyridine rings is 1. The van der Waals surface area contributed by atoms with Crippen molar-refractivity contribution < 1.29 is 4.42 Å². The SMILES string of the molecule is Cc1nc(CNCc2ccc(-c3ccn(Cc4cn5cccc(C)c5n4)n3)o2)n[nH]1.